The highest BCUT2D eigenvalue weighted by molar-refractivity contribution is 5.98. The van der Waals surface area contributed by atoms with Crippen molar-refractivity contribution in [1.82, 2.24) is 9.96 Å². The highest BCUT2D eigenvalue weighted by Gasteiger charge is 2.33. The van der Waals surface area contributed by atoms with E-state index in [2.05, 4.69) is 0 Å². The molecule has 1 fully saturated rings. The Morgan fingerprint density at radius 2 is 2.04 bits per heavy atom. The number of benzene rings is 1. The van der Waals surface area contributed by atoms with Gasteiger partial charge >= 0.3 is 0 Å². The largest absolute Gasteiger partial charge is 0.392 e. The van der Waals surface area contributed by atoms with Gasteiger partial charge in [-0.25, -0.2) is 5.06 Å². The molecule has 1 saturated carbocycles. The van der Waals surface area contributed by atoms with Crippen molar-refractivity contribution in [3.8, 4) is 0 Å². The molecule has 0 unspecified atom stereocenters. The molecular weight excluding hydrogens is 320 g/mol. The maximum Gasteiger partial charge on any atom is 0.254 e. The highest BCUT2D eigenvalue weighted by atomic mass is 16.7. The van der Waals surface area contributed by atoms with E-state index in [0.29, 0.717) is 12.5 Å². The number of carbonyl (C=O) groups is 2. The van der Waals surface area contributed by atoms with Gasteiger partial charge in [0.2, 0.25) is 5.91 Å². The molecule has 2 amide bonds. The summed E-state index contributed by atoms with van der Waals surface area (Å²) in [6.07, 6.45) is 3.60. The van der Waals surface area contributed by atoms with Crippen LogP contribution in [0.1, 0.15) is 47.2 Å². The van der Waals surface area contributed by atoms with E-state index in [-0.39, 0.29) is 24.3 Å². The first kappa shape index (κ1) is 17.9. The van der Waals surface area contributed by atoms with E-state index < -0.39 is 0 Å². The molecule has 1 heterocycles. The standard InChI is InChI=1S/C19H26N2O4/c1-20(25-2)18(23)15-6-3-13(4-7-15)10-21-11-16-8-5-14(12-22)9-17(16)19(21)24/h5,8-9,13,15,22H,3-4,6-7,10-12H2,1-2H3/t13-,15-. The Hall–Kier alpha value is -1.92. The number of hydrogen-bond donors (Lipinski definition) is 1. The molecule has 2 aliphatic rings. The number of hydrogen-bond acceptors (Lipinski definition) is 4. The molecule has 3 rings (SSSR count). The van der Waals surface area contributed by atoms with Crippen LogP contribution in [0.2, 0.25) is 0 Å². The van der Waals surface area contributed by atoms with Crippen LogP contribution in [0.15, 0.2) is 18.2 Å². The third-order valence-corrected chi connectivity index (χ3v) is 5.49. The smallest absolute Gasteiger partial charge is 0.254 e. The summed E-state index contributed by atoms with van der Waals surface area (Å²) in [7, 11) is 3.15. The van der Waals surface area contributed by atoms with Crippen molar-refractivity contribution >= 4 is 11.8 Å². The minimum absolute atomic E-state index is 0.0276. The number of amides is 2. The van der Waals surface area contributed by atoms with Crippen molar-refractivity contribution in [2.75, 3.05) is 20.7 Å². The van der Waals surface area contributed by atoms with Crippen LogP contribution < -0.4 is 0 Å². The third kappa shape index (κ3) is 3.70. The fourth-order valence-electron chi connectivity index (χ4n) is 3.90. The summed E-state index contributed by atoms with van der Waals surface area (Å²) < 4.78 is 0. The van der Waals surface area contributed by atoms with Crippen LogP contribution in [0.25, 0.3) is 0 Å². The number of aliphatic hydroxyl groups excluding tert-OH is 1. The van der Waals surface area contributed by atoms with Crippen molar-refractivity contribution < 1.29 is 19.5 Å². The predicted molar refractivity (Wildman–Crippen MR) is 92.3 cm³/mol. The van der Waals surface area contributed by atoms with Gasteiger partial charge in [-0.2, -0.15) is 0 Å². The van der Waals surface area contributed by atoms with Gasteiger partial charge in [-0.05, 0) is 48.8 Å². The molecule has 1 N–H and O–H groups in total. The maximum atomic E-state index is 12.6. The Kier molecular flexibility index (Phi) is 5.39. The quantitative estimate of drug-likeness (QED) is 0.828. The molecule has 0 radical (unpaired) electrons. The zero-order valence-corrected chi connectivity index (χ0v) is 14.9. The van der Waals surface area contributed by atoms with Gasteiger partial charge in [-0.15, -0.1) is 0 Å². The summed E-state index contributed by atoms with van der Waals surface area (Å²) in [5.74, 6) is 0.567. The van der Waals surface area contributed by atoms with E-state index >= 15 is 0 Å². The van der Waals surface area contributed by atoms with Gasteiger partial charge in [-0.3, -0.25) is 14.4 Å². The van der Waals surface area contributed by atoms with Crippen LogP contribution in [0, 0.1) is 11.8 Å². The Bertz CT molecular complexity index is 653. The van der Waals surface area contributed by atoms with Gasteiger partial charge in [0.25, 0.3) is 5.91 Å². The average molecular weight is 346 g/mol. The van der Waals surface area contributed by atoms with Crippen molar-refractivity contribution in [3.63, 3.8) is 0 Å². The van der Waals surface area contributed by atoms with E-state index in [4.69, 9.17) is 4.84 Å². The topological polar surface area (TPSA) is 70.1 Å². The van der Waals surface area contributed by atoms with E-state index in [1.807, 2.05) is 17.0 Å². The second kappa shape index (κ2) is 7.54. The molecular formula is C19H26N2O4. The first-order valence-electron chi connectivity index (χ1n) is 8.87. The lowest BCUT2D eigenvalue weighted by Crippen LogP contribution is -2.36. The molecule has 1 aliphatic carbocycles. The summed E-state index contributed by atoms with van der Waals surface area (Å²) in [6, 6.07) is 5.61. The third-order valence-electron chi connectivity index (χ3n) is 5.49. The summed E-state index contributed by atoms with van der Waals surface area (Å²) in [4.78, 5) is 31.6. The second-order valence-corrected chi connectivity index (χ2v) is 7.07. The average Bonchev–Trinajstić information content (AvgIpc) is 2.96. The Morgan fingerprint density at radius 1 is 1.32 bits per heavy atom. The molecule has 1 aliphatic heterocycles. The monoisotopic (exact) mass is 346 g/mol. The minimum Gasteiger partial charge on any atom is -0.392 e. The second-order valence-electron chi connectivity index (χ2n) is 7.07. The summed E-state index contributed by atoms with van der Waals surface area (Å²) in [5, 5.41) is 10.6. The van der Waals surface area contributed by atoms with Crippen LogP contribution in [0.4, 0.5) is 0 Å². The van der Waals surface area contributed by atoms with Crippen molar-refractivity contribution in [2.45, 2.75) is 38.8 Å². The number of carbonyl (C=O) groups excluding carboxylic acids is 2. The molecule has 136 valence electrons. The molecule has 0 bridgehead atoms. The molecule has 0 atom stereocenters. The SMILES string of the molecule is CON(C)C(=O)[C@H]1CC[C@H](CN2Cc3ccc(CO)cc3C2=O)CC1. The summed E-state index contributed by atoms with van der Waals surface area (Å²) in [6.45, 7) is 1.34. The number of fused-ring (bicyclic) bond motifs is 1. The predicted octanol–water partition coefficient (Wildman–Crippen LogP) is 1.96. The molecule has 25 heavy (non-hydrogen) atoms. The zero-order valence-electron chi connectivity index (χ0n) is 14.9. The molecule has 0 aromatic heterocycles. The maximum absolute atomic E-state index is 12.6. The molecule has 6 nitrogen and oxygen atoms in total. The van der Waals surface area contributed by atoms with Gasteiger partial charge in [0.05, 0.1) is 13.7 Å². The fourth-order valence-corrected chi connectivity index (χ4v) is 3.90. The van der Waals surface area contributed by atoms with Crippen LogP contribution >= 0.6 is 0 Å². The van der Waals surface area contributed by atoms with Crippen molar-refractivity contribution in [1.29, 1.82) is 0 Å². The van der Waals surface area contributed by atoms with Gasteiger partial charge in [0.1, 0.15) is 0 Å². The number of nitrogens with zero attached hydrogens (tertiary/aromatic N) is 2. The lowest BCUT2D eigenvalue weighted by molar-refractivity contribution is -0.174. The van der Waals surface area contributed by atoms with Gasteiger partial charge in [-0.1, -0.05) is 12.1 Å². The highest BCUT2D eigenvalue weighted by Crippen LogP contribution is 2.32. The Balaban J connectivity index is 1.55. The lowest BCUT2D eigenvalue weighted by atomic mass is 9.81. The van der Waals surface area contributed by atoms with Crippen LogP contribution in [-0.4, -0.2) is 47.6 Å². The molecule has 1 aromatic carbocycles. The van der Waals surface area contributed by atoms with E-state index in [0.717, 1.165) is 48.9 Å². The normalized spacial score (nSPS) is 22.8. The fraction of sp³-hybridized carbons (Fsp3) is 0.579. The lowest BCUT2D eigenvalue weighted by Gasteiger charge is -2.31. The van der Waals surface area contributed by atoms with Crippen LogP contribution in [0.5, 0.6) is 0 Å². The molecule has 0 spiro atoms. The number of aliphatic hydroxyl groups is 1. The minimum atomic E-state index is -0.0471. The van der Waals surface area contributed by atoms with E-state index in [1.165, 1.54) is 12.2 Å². The van der Waals surface area contributed by atoms with E-state index in [1.54, 1.807) is 13.1 Å². The Morgan fingerprint density at radius 3 is 2.68 bits per heavy atom. The van der Waals surface area contributed by atoms with E-state index in [9.17, 15) is 14.7 Å². The van der Waals surface area contributed by atoms with Crippen molar-refractivity contribution in [2.24, 2.45) is 11.8 Å². The number of rotatable bonds is 5. The summed E-state index contributed by atoms with van der Waals surface area (Å²) >= 11 is 0. The molecule has 1 aromatic rings. The first-order chi connectivity index (χ1) is 12.0. The van der Waals surface area contributed by atoms with Gasteiger partial charge < -0.3 is 10.0 Å². The molecule has 6 heteroatoms. The van der Waals surface area contributed by atoms with Crippen LogP contribution in [-0.2, 0) is 22.8 Å². The van der Waals surface area contributed by atoms with Crippen molar-refractivity contribution in [3.05, 3.63) is 34.9 Å². The zero-order chi connectivity index (χ0) is 18.0. The summed E-state index contributed by atoms with van der Waals surface area (Å²) in [5.41, 5.74) is 2.53. The van der Waals surface area contributed by atoms with Crippen LogP contribution in [0.3, 0.4) is 0 Å². The molecule has 0 saturated heterocycles. The Labute approximate surface area is 148 Å². The van der Waals surface area contributed by atoms with Gasteiger partial charge in [0, 0.05) is 31.6 Å². The number of hydroxylamine groups is 2. The van der Waals surface area contributed by atoms with Gasteiger partial charge in [0.15, 0.2) is 0 Å². The first-order valence-corrected chi connectivity index (χ1v) is 8.87.